The predicted molar refractivity (Wildman–Crippen MR) is 69.4 cm³/mol. The van der Waals surface area contributed by atoms with Crippen LogP contribution in [-0.4, -0.2) is 26.9 Å². The van der Waals surface area contributed by atoms with Crippen LogP contribution in [0.1, 0.15) is 16.7 Å². The monoisotopic (exact) mass is 217 g/mol. The molecule has 0 heterocycles. The van der Waals surface area contributed by atoms with Crippen molar-refractivity contribution in [2.24, 2.45) is 0 Å². The zero-order valence-electron chi connectivity index (χ0n) is 9.99. The van der Waals surface area contributed by atoms with Crippen molar-refractivity contribution in [1.29, 1.82) is 0 Å². The van der Waals surface area contributed by atoms with E-state index in [9.17, 15) is 0 Å². The number of allylic oxidation sites excluding steroid dienone is 1. The van der Waals surface area contributed by atoms with Crippen molar-refractivity contribution >= 4 is 14.3 Å². The van der Waals surface area contributed by atoms with Gasteiger partial charge in [-0.2, -0.15) is 0 Å². The van der Waals surface area contributed by atoms with Gasteiger partial charge in [0.2, 0.25) is 0 Å². The molecule has 1 unspecified atom stereocenters. The maximum absolute atomic E-state index is 2.43. The molecule has 0 N–H and O–H groups in total. The predicted octanol–water partition coefficient (Wildman–Crippen LogP) is 3.10. The molecule has 1 aliphatic carbocycles. The molecule has 0 aromatic heterocycles. The molecule has 0 fully saturated rings. The Bertz CT molecular complexity index is 393. The minimum atomic E-state index is -1.35. The third-order valence-corrected chi connectivity index (χ3v) is 8.04. The number of hydrogen-bond acceptors (Lipinski definition) is 1. The summed E-state index contributed by atoms with van der Waals surface area (Å²) in [5, 5.41) is 0. The molecular formula is C13H19NSi. The lowest BCUT2D eigenvalue weighted by molar-refractivity contribution is 0.609. The summed E-state index contributed by atoms with van der Waals surface area (Å²) >= 11 is 0. The van der Waals surface area contributed by atoms with Gasteiger partial charge in [0.1, 0.15) is 8.24 Å². The highest BCUT2D eigenvalue weighted by molar-refractivity contribution is 6.76. The molecule has 0 aliphatic heterocycles. The number of benzene rings is 1. The number of rotatable bonds is 2. The zero-order chi connectivity index (χ0) is 11.1. The van der Waals surface area contributed by atoms with Crippen LogP contribution in [0.4, 0.5) is 0 Å². The van der Waals surface area contributed by atoms with E-state index in [4.69, 9.17) is 0 Å². The first-order valence-corrected chi connectivity index (χ1v) is 8.50. The summed E-state index contributed by atoms with van der Waals surface area (Å²) in [6.07, 6.45) is 4.66. The maximum Gasteiger partial charge on any atom is 0.133 e. The van der Waals surface area contributed by atoms with Crippen molar-refractivity contribution in [3.63, 3.8) is 0 Å². The van der Waals surface area contributed by atoms with E-state index in [2.05, 4.69) is 68.2 Å². The Morgan fingerprint density at radius 1 is 1.13 bits per heavy atom. The normalized spacial score (nSPS) is 19.7. The van der Waals surface area contributed by atoms with Gasteiger partial charge < -0.3 is 4.57 Å². The quantitative estimate of drug-likeness (QED) is 0.688. The van der Waals surface area contributed by atoms with Crippen LogP contribution in [0.3, 0.4) is 0 Å². The van der Waals surface area contributed by atoms with Gasteiger partial charge >= 0.3 is 0 Å². The lowest BCUT2D eigenvalue weighted by Gasteiger charge is -2.35. The van der Waals surface area contributed by atoms with Gasteiger partial charge in [-0.05, 0) is 25.2 Å². The second kappa shape index (κ2) is 3.61. The molecule has 0 saturated carbocycles. The van der Waals surface area contributed by atoms with Gasteiger partial charge in [-0.3, -0.25) is 0 Å². The molecule has 1 aromatic carbocycles. The van der Waals surface area contributed by atoms with E-state index in [-0.39, 0.29) is 0 Å². The molecule has 80 valence electrons. The first kappa shape index (κ1) is 10.6. The molecule has 0 saturated heterocycles. The fourth-order valence-electron chi connectivity index (χ4n) is 2.14. The molecular weight excluding hydrogens is 198 g/mol. The highest BCUT2D eigenvalue weighted by Crippen LogP contribution is 2.37. The lowest BCUT2D eigenvalue weighted by Crippen LogP contribution is -2.48. The smallest absolute Gasteiger partial charge is 0.133 e. The minimum absolute atomic E-state index is 0.642. The summed E-state index contributed by atoms with van der Waals surface area (Å²) in [6, 6.07) is 8.76. The standard InChI is InChI=1S/C13H19NSi/c1-14(2)15(3,4)13-10-9-11-7-5-6-8-12(11)13/h5-10,13H,1-4H3. The summed E-state index contributed by atoms with van der Waals surface area (Å²) in [5.74, 6) is 0. The summed E-state index contributed by atoms with van der Waals surface area (Å²) in [5.41, 5.74) is 3.57. The average Bonchev–Trinajstić information content (AvgIpc) is 2.61. The molecule has 1 nitrogen and oxygen atoms in total. The Labute approximate surface area is 93.5 Å². The Hall–Kier alpha value is -0.863. The zero-order valence-corrected chi connectivity index (χ0v) is 11.0. The Morgan fingerprint density at radius 3 is 2.47 bits per heavy atom. The fourth-order valence-corrected chi connectivity index (χ4v) is 4.29. The van der Waals surface area contributed by atoms with Gasteiger partial charge in [-0.25, -0.2) is 0 Å². The summed E-state index contributed by atoms with van der Waals surface area (Å²) in [7, 11) is 3.07. The van der Waals surface area contributed by atoms with Crippen LogP contribution in [0.15, 0.2) is 30.3 Å². The Morgan fingerprint density at radius 2 is 1.80 bits per heavy atom. The van der Waals surface area contributed by atoms with Crippen molar-refractivity contribution in [1.82, 2.24) is 4.57 Å². The van der Waals surface area contributed by atoms with Crippen molar-refractivity contribution in [2.45, 2.75) is 18.6 Å². The Balaban J connectivity index is 2.40. The van der Waals surface area contributed by atoms with Gasteiger partial charge in [0.15, 0.2) is 0 Å². The highest BCUT2D eigenvalue weighted by Gasteiger charge is 2.36. The molecule has 1 aliphatic rings. The summed E-state index contributed by atoms with van der Waals surface area (Å²) in [6.45, 7) is 4.87. The molecule has 0 bridgehead atoms. The van der Waals surface area contributed by atoms with Crippen LogP contribution in [0.5, 0.6) is 0 Å². The minimum Gasteiger partial charge on any atom is -0.329 e. The van der Waals surface area contributed by atoms with Gasteiger partial charge in [-0.15, -0.1) is 0 Å². The van der Waals surface area contributed by atoms with Gasteiger partial charge in [0, 0.05) is 5.54 Å². The molecule has 1 atom stereocenters. The van der Waals surface area contributed by atoms with Gasteiger partial charge in [0.05, 0.1) is 0 Å². The third kappa shape index (κ3) is 1.68. The van der Waals surface area contributed by atoms with Crippen LogP contribution in [0, 0.1) is 0 Å². The van der Waals surface area contributed by atoms with Crippen LogP contribution < -0.4 is 0 Å². The van der Waals surface area contributed by atoms with Crippen LogP contribution in [0.2, 0.25) is 13.1 Å². The van der Waals surface area contributed by atoms with Crippen molar-refractivity contribution in [3.8, 4) is 0 Å². The number of nitrogens with zero attached hydrogens (tertiary/aromatic N) is 1. The highest BCUT2D eigenvalue weighted by atomic mass is 28.3. The number of fused-ring (bicyclic) bond motifs is 1. The van der Waals surface area contributed by atoms with E-state index >= 15 is 0 Å². The van der Waals surface area contributed by atoms with E-state index in [1.54, 1.807) is 0 Å². The fraction of sp³-hybridized carbons (Fsp3) is 0.385. The van der Waals surface area contributed by atoms with Crippen LogP contribution >= 0.6 is 0 Å². The molecule has 2 heteroatoms. The average molecular weight is 217 g/mol. The number of hydrogen-bond donors (Lipinski definition) is 0. The van der Waals surface area contributed by atoms with E-state index in [1.165, 1.54) is 11.1 Å². The molecule has 0 radical (unpaired) electrons. The third-order valence-electron chi connectivity index (χ3n) is 3.71. The second-order valence-corrected chi connectivity index (χ2v) is 9.84. The summed E-state index contributed by atoms with van der Waals surface area (Å²) < 4.78 is 2.43. The van der Waals surface area contributed by atoms with E-state index < -0.39 is 8.24 Å². The molecule has 0 spiro atoms. The second-order valence-electron chi connectivity index (χ2n) is 5.01. The van der Waals surface area contributed by atoms with Gasteiger partial charge in [-0.1, -0.05) is 49.5 Å². The first-order valence-electron chi connectivity index (χ1n) is 5.48. The van der Waals surface area contributed by atoms with Crippen molar-refractivity contribution in [2.75, 3.05) is 14.1 Å². The molecule has 0 amide bonds. The van der Waals surface area contributed by atoms with E-state index in [1.807, 2.05) is 0 Å². The maximum atomic E-state index is 2.43. The van der Waals surface area contributed by atoms with E-state index in [0.717, 1.165) is 0 Å². The topological polar surface area (TPSA) is 3.24 Å². The molecule has 1 aromatic rings. The first-order chi connectivity index (χ1) is 7.03. The SMILES string of the molecule is CN(C)[Si](C)(C)C1C=Cc2ccccc21. The molecule has 15 heavy (non-hydrogen) atoms. The molecule has 2 rings (SSSR count). The largest absolute Gasteiger partial charge is 0.329 e. The van der Waals surface area contributed by atoms with Crippen molar-refractivity contribution < 1.29 is 0 Å². The van der Waals surface area contributed by atoms with Gasteiger partial charge in [0.25, 0.3) is 0 Å². The summed E-state index contributed by atoms with van der Waals surface area (Å²) in [4.78, 5) is 0. The van der Waals surface area contributed by atoms with E-state index in [0.29, 0.717) is 5.54 Å². The van der Waals surface area contributed by atoms with Crippen molar-refractivity contribution in [3.05, 3.63) is 41.5 Å². The Kier molecular flexibility index (Phi) is 2.57. The van der Waals surface area contributed by atoms with Crippen LogP contribution in [0.25, 0.3) is 6.08 Å². The lowest BCUT2D eigenvalue weighted by atomic mass is 10.1. The van der Waals surface area contributed by atoms with Crippen LogP contribution in [-0.2, 0) is 0 Å².